The molecule has 1 aliphatic rings. The molecule has 1 aliphatic heterocycles. The molecule has 1 N–H and O–H groups in total. The van der Waals surface area contributed by atoms with Gasteiger partial charge < -0.3 is 14.7 Å². The molecular weight excluding hydrogens is 288 g/mol. The largest absolute Gasteiger partial charge is 0.491 e. The van der Waals surface area contributed by atoms with Gasteiger partial charge in [-0.2, -0.15) is 0 Å². The molecule has 5 heteroatoms. The Kier molecular flexibility index (Phi) is 6.30. The van der Waals surface area contributed by atoms with Crippen LogP contribution >= 0.6 is 11.6 Å². The van der Waals surface area contributed by atoms with Crippen LogP contribution in [-0.2, 0) is 0 Å². The minimum atomic E-state index is -0.464. The fraction of sp³-hybridized carbons (Fsp3) is 0.625. The topological polar surface area (TPSA) is 35.9 Å². The standard InChI is InChI=1S/C16H25ClN2O2/c1-3-18-6-8-19(9-7-18)11-14(20)12-21-15-4-5-16(17)13(2)10-15/h4-5,10,14,20H,3,6-9,11-12H2,1-2H3. The highest BCUT2D eigenvalue weighted by atomic mass is 35.5. The minimum absolute atomic E-state index is 0.315. The lowest BCUT2D eigenvalue weighted by atomic mass is 10.2. The van der Waals surface area contributed by atoms with Crippen LogP contribution in [0.1, 0.15) is 12.5 Å². The average molecular weight is 313 g/mol. The monoisotopic (exact) mass is 312 g/mol. The lowest BCUT2D eigenvalue weighted by Gasteiger charge is -2.34. The highest BCUT2D eigenvalue weighted by Gasteiger charge is 2.18. The maximum Gasteiger partial charge on any atom is 0.119 e. The number of nitrogens with zero attached hydrogens (tertiary/aromatic N) is 2. The van der Waals surface area contributed by atoms with E-state index in [0.717, 1.165) is 49.1 Å². The fourth-order valence-corrected chi connectivity index (χ4v) is 2.66. The molecule has 1 aromatic carbocycles. The lowest BCUT2D eigenvalue weighted by Crippen LogP contribution is -2.49. The Morgan fingerprint density at radius 2 is 1.90 bits per heavy atom. The highest BCUT2D eigenvalue weighted by molar-refractivity contribution is 6.31. The van der Waals surface area contributed by atoms with Crippen LogP contribution in [-0.4, -0.2) is 66.9 Å². The van der Waals surface area contributed by atoms with E-state index in [1.807, 2.05) is 25.1 Å². The number of hydrogen-bond acceptors (Lipinski definition) is 4. The maximum absolute atomic E-state index is 10.1. The van der Waals surface area contributed by atoms with Crippen LogP contribution in [0.3, 0.4) is 0 Å². The lowest BCUT2D eigenvalue weighted by molar-refractivity contribution is 0.0471. The molecule has 4 nitrogen and oxygen atoms in total. The fourth-order valence-electron chi connectivity index (χ4n) is 2.54. The van der Waals surface area contributed by atoms with Crippen molar-refractivity contribution in [2.24, 2.45) is 0 Å². The number of hydrogen-bond donors (Lipinski definition) is 1. The number of rotatable bonds is 6. The molecule has 2 rings (SSSR count). The molecule has 0 aromatic heterocycles. The Labute approximate surface area is 132 Å². The number of halogens is 1. The predicted octanol–water partition coefficient (Wildman–Crippen LogP) is 2.03. The number of ether oxygens (including phenoxy) is 1. The van der Waals surface area contributed by atoms with Crippen LogP contribution in [0, 0.1) is 6.92 Å². The first-order valence-corrected chi connectivity index (χ1v) is 7.98. The van der Waals surface area contributed by atoms with Crippen LogP contribution in [0.5, 0.6) is 5.75 Å². The van der Waals surface area contributed by atoms with Gasteiger partial charge in [0.1, 0.15) is 18.5 Å². The number of benzene rings is 1. The molecule has 0 saturated carbocycles. The first-order valence-electron chi connectivity index (χ1n) is 7.60. The third kappa shape index (κ3) is 5.15. The normalized spacial score (nSPS) is 18.7. The van der Waals surface area contributed by atoms with Gasteiger partial charge in [0.25, 0.3) is 0 Å². The Hall–Kier alpha value is -0.810. The van der Waals surface area contributed by atoms with Crippen LogP contribution < -0.4 is 4.74 Å². The van der Waals surface area contributed by atoms with E-state index in [4.69, 9.17) is 16.3 Å². The van der Waals surface area contributed by atoms with E-state index < -0.39 is 6.10 Å². The van der Waals surface area contributed by atoms with Crippen molar-refractivity contribution in [3.63, 3.8) is 0 Å². The molecule has 118 valence electrons. The Bertz CT molecular complexity index is 448. The average Bonchev–Trinajstić information content (AvgIpc) is 2.49. The number of likely N-dealkylation sites (N-methyl/N-ethyl adjacent to an activating group) is 1. The highest BCUT2D eigenvalue weighted by Crippen LogP contribution is 2.21. The molecule has 0 radical (unpaired) electrons. The molecule has 0 bridgehead atoms. The SMILES string of the molecule is CCN1CCN(CC(O)COc2ccc(Cl)c(C)c2)CC1. The Balaban J connectivity index is 1.72. The van der Waals surface area contributed by atoms with Crippen LogP contribution in [0.25, 0.3) is 0 Å². The second-order valence-electron chi connectivity index (χ2n) is 5.61. The number of aryl methyl sites for hydroxylation is 1. The van der Waals surface area contributed by atoms with E-state index in [0.29, 0.717) is 13.2 Å². The molecule has 1 saturated heterocycles. The van der Waals surface area contributed by atoms with Gasteiger partial charge in [-0.15, -0.1) is 0 Å². The summed E-state index contributed by atoms with van der Waals surface area (Å²) in [4.78, 5) is 4.73. The summed E-state index contributed by atoms with van der Waals surface area (Å²) in [6.07, 6.45) is -0.464. The molecular formula is C16H25ClN2O2. The van der Waals surface area contributed by atoms with E-state index in [9.17, 15) is 5.11 Å². The zero-order chi connectivity index (χ0) is 15.2. The number of piperazine rings is 1. The molecule has 1 heterocycles. The summed E-state index contributed by atoms with van der Waals surface area (Å²) in [6, 6.07) is 5.56. The van der Waals surface area contributed by atoms with Crippen molar-refractivity contribution in [3.8, 4) is 5.75 Å². The third-order valence-electron chi connectivity index (χ3n) is 3.95. The smallest absolute Gasteiger partial charge is 0.119 e. The molecule has 0 spiro atoms. The van der Waals surface area contributed by atoms with Gasteiger partial charge >= 0.3 is 0 Å². The molecule has 1 unspecified atom stereocenters. The summed E-state index contributed by atoms with van der Waals surface area (Å²) < 4.78 is 5.64. The number of aliphatic hydroxyl groups excluding tert-OH is 1. The quantitative estimate of drug-likeness (QED) is 0.872. The van der Waals surface area contributed by atoms with E-state index in [-0.39, 0.29) is 0 Å². The van der Waals surface area contributed by atoms with E-state index >= 15 is 0 Å². The van der Waals surface area contributed by atoms with Crippen molar-refractivity contribution >= 4 is 11.6 Å². The van der Waals surface area contributed by atoms with Gasteiger partial charge in [-0.05, 0) is 37.2 Å². The van der Waals surface area contributed by atoms with Crippen molar-refractivity contribution < 1.29 is 9.84 Å². The second-order valence-corrected chi connectivity index (χ2v) is 6.02. The Morgan fingerprint density at radius 1 is 1.24 bits per heavy atom. The van der Waals surface area contributed by atoms with Gasteiger partial charge in [-0.3, -0.25) is 4.90 Å². The summed E-state index contributed by atoms with van der Waals surface area (Å²) in [5.74, 6) is 0.756. The third-order valence-corrected chi connectivity index (χ3v) is 4.38. The van der Waals surface area contributed by atoms with Gasteiger partial charge in [0.15, 0.2) is 0 Å². The van der Waals surface area contributed by atoms with E-state index in [2.05, 4.69) is 16.7 Å². The second kappa shape index (κ2) is 7.99. The van der Waals surface area contributed by atoms with E-state index in [1.54, 1.807) is 0 Å². The minimum Gasteiger partial charge on any atom is -0.491 e. The first-order chi connectivity index (χ1) is 10.1. The number of aliphatic hydroxyl groups is 1. The van der Waals surface area contributed by atoms with Gasteiger partial charge in [0, 0.05) is 37.7 Å². The Morgan fingerprint density at radius 3 is 2.52 bits per heavy atom. The van der Waals surface area contributed by atoms with Crippen molar-refractivity contribution in [2.75, 3.05) is 45.9 Å². The molecule has 1 fully saturated rings. The molecule has 1 aromatic rings. The zero-order valence-electron chi connectivity index (χ0n) is 12.9. The first kappa shape index (κ1) is 16.6. The summed E-state index contributed by atoms with van der Waals surface area (Å²) in [7, 11) is 0. The predicted molar refractivity (Wildman–Crippen MR) is 86.2 cm³/mol. The van der Waals surface area contributed by atoms with Crippen molar-refractivity contribution in [3.05, 3.63) is 28.8 Å². The zero-order valence-corrected chi connectivity index (χ0v) is 13.6. The maximum atomic E-state index is 10.1. The molecule has 0 amide bonds. The van der Waals surface area contributed by atoms with Gasteiger partial charge in [-0.1, -0.05) is 18.5 Å². The summed E-state index contributed by atoms with van der Waals surface area (Å²) >= 11 is 5.98. The van der Waals surface area contributed by atoms with Crippen molar-refractivity contribution in [2.45, 2.75) is 20.0 Å². The van der Waals surface area contributed by atoms with E-state index in [1.165, 1.54) is 0 Å². The molecule has 21 heavy (non-hydrogen) atoms. The summed E-state index contributed by atoms with van der Waals surface area (Å²) in [6.45, 7) is 10.4. The van der Waals surface area contributed by atoms with Gasteiger partial charge in [0.2, 0.25) is 0 Å². The van der Waals surface area contributed by atoms with Gasteiger partial charge in [0.05, 0.1) is 0 Å². The summed E-state index contributed by atoms with van der Waals surface area (Å²) in [5, 5.41) is 10.8. The molecule has 0 aliphatic carbocycles. The number of β-amino-alcohol motifs (C(OH)–C–C–N with tert-alkyl or cyclic N) is 1. The van der Waals surface area contributed by atoms with Crippen molar-refractivity contribution in [1.29, 1.82) is 0 Å². The molecule has 1 atom stereocenters. The van der Waals surface area contributed by atoms with Crippen LogP contribution in [0.15, 0.2) is 18.2 Å². The van der Waals surface area contributed by atoms with Crippen LogP contribution in [0.2, 0.25) is 5.02 Å². The van der Waals surface area contributed by atoms with Crippen molar-refractivity contribution in [1.82, 2.24) is 9.80 Å². The van der Waals surface area contributed by atoms with Crippen LogP contribution in [0.4, 0.5) is 0 Å². The van der Waals surface area contributed by atoms with Gasteiger partial charge in [-0.25, -0.2) is 0 Å². The summed E-state index contributed by atoms with van der Waals surface area (Å²) in [5.41, 5.74) is 0.986.